The Hall–Kier alpha value is -3.85. The number of halogens is 2. The van der Waals surface area contributed by atoms with E-state index in [1.807, 2.05) is 13.8 Å². The summed E-state index contributed by atoms with van der Waals surface area (Å²) in [5.41, 5.74) is 1.18. The number of carbonyl (C=O) groups excluding carboxylic acids is 2. The van der Waals surface area contributed by atoms with Gasteiger partial charge in [0, 0.05) is 13.1 Å². The van der Waals surface area contributed by atoms with Crippen molar-refractivity contribution in [2.24, 2.45) is 0 Å². The molecule has 0 spiro atoms. The number of carbonyl (C=O) groups is 2. The van der Waals surface area contributed by atoms with Crippen LogP contribution < -0.4 is 16.2 Å². The Bertz CT molecular complexity index is 1250. The maximum atomic E-state index is 13.5. The highest BCUT2D eigenvalue weighted by molar-refractivity contribution is 5.94. The number of likely N-dealkylation sites (N-methyl/N-ethyl adjacent to an activating group) is 2. The van der Waals surface area contributed by atoms with E-state index < -0.39 is 17.4 Å². The molecule has 0 fully saturated rings. The average molecular weight is 497 g/mol. The molecule has 0 unspecified atom stereocenters. The average Bonchev–Trinajstić information content (AvgIpc) is 2.87. The first-order chi connectivity index (χ1) is 17.3. The highest BCUT2D eigenvalue weighted by Crippen LogP contribution is 2.21. The molecule has 0 radical (unpaired) electrons. The smallest absolute Gasteiger partial charge is 0.275 e. The maximum absolute atomic E-state index is 13.5. The van der Waals surface area contributed by atoms with E-state index in [0.29, 0.717) is 24.2 Å². The third-order valence-corrected chi connectivity index (χ3v) is 5.96. The molecule has 7 nitrogen and oxygen atoms in total. The van der Waals surface area contributed by atoms with Crippen LogP contribution in [0.1, 0.15) is 25.8 Å². The number of anilines is 1. The van der Waals surface area contributed by atoms with Gasteiger partial charge in [-0.2, -0.15) is 0 Å². The summed E-state index contributed by atoms with van der Waals surface area (Å²) in [4.78, 5) is 40.8. The van der Waals surface area contributed by atoms with E-state index in [1.54, 1.807) is 30.1 Å². The number of pyridine rings is 1. The number of aromatic nitrogens is 1. The van der Waals surface area contributed by atoms with Gasteiger partial charge in [0.2, 0.25) is 11.8 Å². The quantitative estimate of drug-likeness (QED) is 0.448. The number of benzene rings is 2. The normalized spacial score (nSPS) is 11.7. The van der Waals surface area contributed by atoms with Gasteiger partial charge >= 0.3 is 0 Å². The van der Waals surface area contributed by atoms with Gasteiger partial charge in [-0.15, -0.1) is 0 Å². The molecule has 1 heterocycles. The van der Waals surface area contributed by atoms with Crippen molar-refractivity contribution in [3.8, 4) is 11.3 Å². The Morgan fingerprint density at radius 3 is 2.11 bits per heavy atom. The van der Waals surface area contributed by atoms with Crippen LogP contribution in [0.5, 0.6) is 0 Å². The third kappa shape index (κ3) is 6.42. The molecule has 3 rings (SSSR count). The van der Waals surface area contributed by atoms with E-state index in [2.05, 4.69) is 10.6 Å². The lowest BCUT2D eigenvalue weighted by Gasteiger charge is -2.23. The number of hydrogen-bond acceptors (Lipinski definition) is 4. The van der Waals surface area contributed by atoms with Gasteiger partial charge in [0.15, 0.2) is 0 Å². The number of rotatable bonds is 10. The zero-order chi connectivity index (χ0) is 26.2. The van der Waals surface area contributed by atoms with Crippen molar-refractivity contribution in [1.82, 2.24) is 14.8 Å². The van der Waals surface area contributed by atoms with Crippen molar-refractivity contribution >= 4 is 17.5 Å². The lowest BCUT2D eigenvalue weighted by atomic mass is 10.1. The lowest BCUT2D eigenvalue weighted by Crippen LogP contribution is -2.40. The van der Waals surface area contributed by atoms with E-state index in [9.17, 15) is 23.2 Å². The van der Waals surface area contributed by atoms with Gasteiger partial charge in [-0.25, -0.2) is 8.78 Å². The van der Waals surface area contributed by atoms with Crippen molar-refractivity contribution in [2.45, 2.75) is 39.4 Å². The van der Waals surface area contributed by atoms with Crippen molar-refractivity contribution in [3.63, 3.8) is 0 Å². The summed E-state index contributed by atoms with van der Waals surface area (Å²) in [5, 5.41) is 5.54. The van der Waals surface area contributed by atoms with E-state index in [0.717, 1.165) is 5.56 Å². The molecule has 0 aliphatic rings. The van der Waals surface area contributed by atoms with E-state index >= 15 is 0 Å². The van der Waals surface area contributed by atoms with Crippen molar-refractivity contribution in [2.75, 3.05) is 18.9 Å². The Morgan fingerprint density at radius 1 is 0.944 bits per heavy atom. The van der Waals surface area contributed by atoms with E-state index in [1.165, 1.54) is 47.0 Å². The Kier molecular flexibility index (Phi) is 9.08. The van der Waals surface area contributed by atoms with Gasteiger partial charge in [0.25, 0.3) is 5.56 Å². The molecule has 9 heteroatoms. The first kappa shape index (κ1) is 26.7. The summed E-state index contributed by atoms with van der Waals surface area (Å²) in [6.07, 6.45) is 0.525. The lowest BCUT2D eigenvalue weighted by molar-refractivity contribution is -0.132. The number of amides is 2. The van der Waals surface area contributed by atoms with Crippen LogP contribution in [0.3, 0.4) is 0 Å². The van der Waals surface area contributed by atoms with Gasteiger partial charge in [-0.05, 0) is 80.1 Å². The number of hydrogen-bond donors (Lipinski definition) is 2. The summed E-state index contributed by atoms with van der Waals surface area (Å²) in [6, 6.07) is 14.1. The summed E-state index contributed by atoms with van der Waals surface area (Å²) in [5.74, 6) is -1.50. The Morgan fingerprint density at radius 2 is 1.56 bits per heavy atom. The molecule has 3 aromatic rings. The van der Waals surface area contributed by atoms with Crippen LogP contribution in [0, 0.1) is 11.6 Å². The van der Waals surface area contributed by atoms with Crippen molar-refractivity contribution in [1.29, 1.82) is 0 Å². The highest BCUT2D eigenvalue weighted by Gasteiger charge is 2.20. The van der Waals surface area contributed by atoms with Gasteiger partial charge in [-0.3, -0.25) is 19.0 Å². The minimum absolute atomic E-state index is 0.0361. The molecule has 0 saturated carbocycles. The fourth-order valence-corrected chi connectivity index (χ4v) is 3.87. The van der Waals surface area contributed by atoms with Gasteiger partial charge in [-0.1, -0.05) is 19.1 Å². The molecule has 0 aliphatic carbocycles. The fraction of sp³-hybridized carbons (Fsp3) is 0.296. The first-order valence-electron chi connectivity index (χ1n) is 11.8. The van der Waals surface area contributed by atoms with E-state index in [-0.39, 0.29) is 36.4 Å². The molecular formula is C27H30F2N4O3. The van der Waals surface area contributed by atoms with Gasteiger partial charge < -0.3 is 15.5 Å². The van der Waals surface area contributed by atoms with Crippen LogP contribution in [-0.4, -0.2) is 40.9 Å². The second kappa shape index (κ2) is 12.2. The topological polar surface area (TPSA) is 83.4 Å². The zero-order valence-corrected chi connectivity index (χ0v) is 20.6. The molecular weight excluding hydrogens is 466 g/mol. The standard InChI is InChI=1S/C27H30F2N4O3/c1-4-22(30-3)26(35)31-23-14-15-24(19-8-12-21(29)13-9-19)33(27(23)36)17-25(34)32(5-2)16-18-6-10-20(28)11-7-18/h6-15,22,30H,4-5,16-17H2,1-3H3,(H,31,35)/t22-/m0/s1. The highest BCUT2D eigenvalue weighted by atomic mass is 19.1. The maximum Gasteiger partial charge on any atom is 0.275 e. The molecule has 190 valence electrons. The van der Waals surface area contributed by atoms with Crippen molar-refractivity contribution in [3.05, 3.63) is 88.2 Å². The van der Waals surface area contributed by atoms with Crippen LogP contribution >= 0.6 is 0 Å². The van der Waals surface area contributed by atoms with Crippen LogP contribution in [0.15, 0.2) is 65.5 Å². The minimum Gasteiger partial charge on any atom is -0.337 e. The fourth-order valence-electron chi connectivity index (χ4n) is 3.87. The Labute approximate surface area is 208 Å². The Balaban J connectivity index is 1.97. The van der Waals surface area contributed by atoms with Crippen LogP contribution in [0.25, 0.3) is 11.3 Å². The van der Waals surface area contributed by atoms with Gasteiger partial charge in [0.05, 0.1) is 11.7 Å². The molecule has 2 amide bonds. The molecule has 2 N–H and O–H groups in total. The minimum atomic E-state index is -0.553. The zero-order valence-electron chi connectivity index (χ0n) is 20.6. The molecule has 2 aromatic carbocycles. The summed E-state index contributed by atoms with van der Waals surface area (Å²) >= 11 is 0. The molecule has 0 saturated heterocycles. The summed E-state index contributed by atoms with van der Waals surface area (Å²) in [7, 11) is 1.66. The first-order valence-corrected chi connectivity index (χ1v) is 11.8. The molecule has 1 aromatic heterocycles. The number of nitrogens with one attached hydrogen (secondary N) is 2. The summed E-state index contributed by atoms with van der Waals surface area (Å²) in [6.45, 7) is 3.97. The molecule has 36 heavy (non-hydrogen) atoms. The largest absolute Gasteiger partial charge is 0.337 e. The van der Waals surface area contributed by atoms with E-state index in [4.69, 9.17) is 0 Å². The summed E-state index contributed by atoms with van der Waals surface area (Å²) < 4.78 is 28.1. The SMILES string of the molecule is CC[C@H](NC)C(=O)Nc1ccc(-c2ccc(F)cc2)n(CC(=O)N(CC)Cc2ccc(F)cc2)c1=O. The van der Waals surface area contributed by atoms with Crippen LogP contribution in [0.2, 0.25) is 0 Å². The molecule has 1 atom stereocenters. The molecule has 0 aliphatic heterocycles. The predicted octanol–water partition coefficient (Wildman–Crippen LogP) is 3.78. The second-order valence-electron chi connectivity index (χ2n) is 8.30. The predicted molar refractivity (Wildman–Crippen MR) is 135 cm³/mol. The number of nitrogens with zero attached hydrogens (tertiary/aromatic N) is 2. The second-order valence-corrected chi connectivity index (χ2v) is 8.30. The molecule has 0 bridgehead atoms. The van der Waals surface area contributed by atoms with Crippen molar-refractivity contribution < 1.29 is 18.4 Å². The third-order valence-electron chi connectivity index (χ3n) is 5.96. The van der Waals surface area contributed by atoms with Gasteiger partial charge in [0.1, 0.15) is 23.9 Å². The monoisotopic (exact) mass is 496 g/mol. The van der Waals surface area contributed by atoms with Crippen LogP contribution in [0.4, 0.5) is 14.5 Å². The van der Waals surface area contributed by atoms with Crippen LogP contribution in [-0.2, 0) is 22.7 Å².